The summed E-state index contributed by atoms with van der Waals surface area (Å²) in [6, 6.07) is 29.5. The molecule has 1 atom stereocenters. The van der Waals surface area contributed by atoms with Gasteiger partial charge in [0.1, 0.15) is 0 Å². The van der Waals surface area contributed by atoms with Crippen LogP contribution in [0.2, 0.25) is 5.02 Å². The van der Waals surface area contributed by atoms with E-state index in [0.29, 0.717) is 5.02 Å². The number of hydrogen-bond donors (Lipinski definition) is 0. The number of nitrogens with zero attached hydrogens (tertiary/aromatic N) is 2. The lowest BCUT2D eigenvalue weighted by Gasteiger charge is -2.37. The normalized spacial score (nSPS) is 16.8. The number of halogens is 1. The number of rotatable bonds is 4. The van der Waals surface area contributed by atoms with Gasteiger partial charge in [0.15, 0.2) is 11.5 Å². The Labute approximate surface area is 216 Å². The maximum absolute atomic E-state index is 6.46. The van der Waals surface area contributed by atoms with E-state index in [0.717, 1.165) is 53.5 Å². The number of ether oxygens (including phenoxy) is 2. The van der Waals surface area contributed by atoms with E-state index in [1.54, 1.807) is 14.2 Å². The zero-order valence-electron chi connectivity index (χ0n) is 20.4. The van der Waals surface area contributed by atoms with Gasteiger partial charge in [0, 0.05) is 18.1 Å². The van der Waals surface area contributed by atoms with Crippen LogP contribution in [0.5, 0.6) is 11.5 Å². The lowest BCUT2D eigenvalue weighted by molar-refractivity contribution is 0.245. The third-order valence-electron chi connectivity index (χ3n) is 7.19. The molecule has 0 saturated carbocycles. The van der Waals surface area contributed by atoms with Crippen LogP contribution < -0.4 is 9.47 Å². The summed E-state index contributed by atoms with van der Waals surface area (Å²) < 4.78 is 11.3. The highest BCUT2D eigenvalue weighted by molar-refractivity contribution is 6.30. The summed E-state index contributed by atoms with van der Waals surface area (Å²) >= 11 is 6.46. The minimum Gasteiger partial charge on any atom is -0.493 e. The molecule has 0 bridgehead atoms. The summed E-state index contributed by atoms with van der Waals surface area (Å²) in [5, 5.41) is 0.688. The van der Waals surface area contributed by atoms with Gasteiger partial charge in [-0.1, -0.05) is 72.3 Å². The van der Waals surface area contributed by atoms with Crippen LogP contribution in [0.3, 0.4) is 0 Å². The largest absolute Gasteiger partial charge is 0.493 e. The van der Waals surface area contributed by atoms with Crippen molar-refractivity contribution in [1.29, 1.82) is 0 Å². The zero-order chi connectivity index (χ0) is 24.6. The Morgan fingerprint density at radius 3 is 2.22 bits per heavy atom. The molecule has 0 amide bonds. The van der Waals surface area contributed by atoms with Crippen molar-refractivity contribution in [1.82, 2.24) is 4.90 Å². The number of hydrogen-bond acceptors (Lipinski definition) is 4. The number of aliphatic imine (C=N–C) groups is 1. The standard InChI is InChI=1S/C31H27ClN2O2/c1-35-29-16-23-14-15-34-19-28(22-10-8-21(9-11-22)20-6-4-3-5-7-20)33-27-17-24(32)12-13-25(27)31(34)26(23)18-30(29)36-2/h3-13,16-18,31H,14-15,19H2,1-2H3. The molecule has 6 rings (SSSR count). The van der Waals surface area contributed by atoms with Gasteiger partial charge in [0.25, 0.3) is 0 Å². The molecule has 4 nitrogen and oxygen atoms in total. The molecule has 36 heavy (non-hydrogen) atoms. The average molecular weight is 495 g/mol. The monoisotopic (exact) mass is 494 g/mol. The molecule has 0 saturated heterocycles. The maximum Gasteiger partial charge on any atom is 0.161 e. The van der Waals surface area contributed by atoms with Crippen molar-refractivity contribution in [2.24, 2.45) is 4.99 Å². The van der Waals surface area contributed by atoms with Gasteiger partial charge in [-0.3, -0.25) is 9.89 Å². The highest BCUT2D eigenvalue weighted by atomic mass is 35.5. The molecule has 4 aromatic rings. The number of benzene rings is 4. The summed E-state index contributed by atoms with van der Waals surface area (Å²) in [5.41, 5.74) is 9.17. The Hall–Kier alpha value is -3.60. The van der Waals surface area contributed by atoms with Gasteiger partial charge in [-0.2, -0.15) is 0 Å². The Morgan fingerprint density at radius 1 is 0.778 bits per heavy atom. The molecule has 180 valence electrons. The molecule has 0 aliphatic carbocycles. The van der Waals surface area contributed by atoms with Crippen molar-refractivity contribution in [3.05, 3.63) is 112 Å². The van der Waals surface area contributed by atoms with E-state index in [1.807, 2.05) is 18.2 Å². The van der Waals surface area contributed by atoms with Crippen LogP contribution in [-0.2, 0) is 6.42 Å². The fraction of sp³-hybridized carbons (Fsp3) is 0.194. The summed E-state index contributed by atoms with van der Waals surface area (Å²) in [5.74, 6) is 1.51. The van der Waals surface area contributed by atoms with E-state index in [2.05, 4.69) is 71.6 Å². The maximum atomic E-state index is 6.46. The van der Waals surface area contributed by atoms with E-state index in [1.165, 1.54) is 22.3 Å². The molecule has 2 heterocycles. The van der Waals surface area contributed by atoms with Gasteiger partial charge in [-0.25, -0.2) is 0 Å². The molecule has 0 spiro atoms. The minimum absolute atomic E-state index is 0.0608. The Bertz CT molecular complexity index is 1450. The molecule has 0 N–H and O–H groups in total. The molecule has 2 aliphatic heterocycles. The van der Waals surface area contributed by atoms with Crippen LogP contribution in [0.25, 0.3) is 11.1 Å². The predicted molar refractivity (Wildman–Crippen MR) is 146 cm³/mol. The first-order chi connectivity index (χ1) is 17.6. The van der Waals surface area contributed by atoms with Crippen LogP contribution in [0, 0.1) is 0 Å². The zero-order valence-corrected chi connectivity index (χ0v) is 21.1. The molecule has 1 unspecified atom stereocenters. The first-order valence-electron chi connectivity index (χ1n) is 12.2. The fourth-order valence-electron chi connectivity index (χ4n) is 5.39. The van der Waals surface area contributed by atoms with Gasteiger partial charge in [-0.05, 0) is 64.1 Å². The van der Waals surface area contributed by atoms with E-state index >= 15 is 0 Å². The summed E-state index contributed by atoms with van der Waals surface area (Å²) in [4.78, 5) is 7.69. The molecular formula is C31H27ClN2O2. The molecular weight excluding hydrogens is 468 g/mol. The lowest BCUT2D eigenvalue weighted by atomic mass is 9.87. The van der Waals surface area contributed by atoms with Gasteiger partial charge in [0.2, 0.25) is 0 Å². The van der Waals surface area contributed by atoms with Crippen molar-refractivity contribution in [2.75, 3.05) is 27.3 Å². The SMILES string of the molecule is COc1cc2c(cc1OC)C1c3ccc(Cl)cc3N=C(c3ccc(-c4ccccc4)cc3)CN1CC2. The van der Waals surface area contributed by atoms with E-state index in [9.17, 15) is 0 Å². The van der Waals surface area contributed by atoms with Crippen molar-refractivity contribution in [3.8, 4) is 22.6 Å². The predicted octanol–water partition coefficient (Wildman–Crippen LogP) is 7.11. The second-order valence-corrected chi connectivity index (χ2v) is 9.67. The number of fused-ring (bicyclic) bond motifs is 5. The van der Waals surface area contributed by atoms with Crippen LogP contribution >= 0.6 is 11.6 Å². The molecule has 0 fully saturated rings. The molecule has 4 aromatic carbocycles. The third kappa shape index (κ3) is 4.06. The molecule has 0 aromatic heterocycles. The Kier molecular flexibility index (Phi) is 6.00. The van der Waals surface area contributed by atoms with Gasteiger partial charge in [0.05, 0.1) is 31.7 Å². The third-order valence-corrected chi connectivity index (χ3v) is 7.43. The highest BCUT2D eigenvalue weighted by Crippen LogP contribution is 2.45. The fourth-order valence-corrected chi connectivity index (χ4v) is 5.56. The Balaban J connectivity index is 1.43. The molecule has 5 heteroatoms. The first kappa shape index (κ1) is 22.8. The second-order valence-electron chi connectivity index (χ2n) is 9.23. The van der Waals surface area contributed by atoms with Gasteiger partial charge >= 0.3 is 0 Å². The number of methoxy groups -OCH3 is 2. The highest BCUT2D eigenvalue weighted by Gasteiger charge is 2.34. The molecule has 0 radical (unpaired) electrons. The van der Waals surface area contributed by atoms with Crippen LogP contribution in [0.4, 0.5) is 5.69 Å². The van der Waals surface area contributed by atoms with E-state index in [-0.39, 0.29) is 6.04 Å². The van der Waals surface area contributed by atoms with Crippen molar-refractivity contribution in [2.45, 2.75) is 12.5 Å². The topological polar surface area (TPSA) is 34.1 Å². The van der Waals surface area contributed by atoms with Crippen LogP contribution in [0.1, 0.15) is 28.3 Å². The van der Waals surface area contributed by atoms with E-state index in [4.69, 9.17) is 26.1 Å². The minimum atomic E-state index is 0.0608. The first-order valence-corrected chi connectivity index (χ1v) is 12.5. The lowest BCUT2D eigenvalue weighted by Crippen LogP contribution is -2.38. The Morgan fingerprint density at radius 2 is 1.47 bits per heavy atom. The van der Waals surface area contributed by atoms with Crippen molar-refractivity contribution < 1.29 is 9.47 Å². The summed E-state index contributed by atoms with van der Waals surface area (Å²) in [6.07, 6.45) is 0.940. The van der Waals surface area contributed by atoms with Crippen molar-refractivity contribution in [3.63, 3.8) is 0 Å². The second kappa shape index (κ2) is 9.45. The smallest absolute Gasteiger partial charge is 0.161 e. The van der Waals surface area contributed by atoms with E-state index < -0.39 is 0 Å². The van der Waals surface area contributed by atoms with Crippen LogP contribution in [0.15, 0.2) is 89.9 Å². The van der Waals surface area contributed by atoms with Crippen LogP contribution in [-0.4, -0.2) is 37.9 Å². The van der Waals surface area contributed by atoms with Gasteiger partial charge in [-0.15, -0.1) is 0 Å². The average Bonchev–Trinajstić information content (AvgIpc) is 3.09. The quantitative estimate of drug-likeness (QED) is 0.303. The van der Waals surface area contributed by atoms with Crippen molar-refractivity contribution >= 4 is 23.0 Å². The summed E-state index contributed by atoms with van der Waals surface area (Å²) in [6.45, 7) is 1.67. The molecule has 2 aliphatic rings. The summed E-state index contributed by atoms with van der Waals surface area (Å²) in [7, 11) is 3.37. The van der Waals surface area contributed by atoms with Gasteiger partial charge < -0.3 is 9.47 Å².